The third-order valence-corrected chi connectivity index (χ3v) is 4.71. The Hall–Kier alpha value is -1.23. The first-order valence-corrected chi connectivity index (χ1v) is 8.85. The molecule has 0 amide bonds. The van der Waals surface area contributed by atoms with Crippen LogP contribution in [-0.2, 0) is 0 Å². The third-order valence-electron chi connectivity index (χ3n) is 4.22. The number of nitrogens with zero attached hydrogens (tertiary/aromatic N) is 1. The highest BCUT2D eigenvalue weighted by atomic mass is 79.9. The smallest absolute Gasteiger partial charge is 0.123 e. The van der Waals surface area contributed by atoms with Gasteiger partial charge in [-0.05, 0) is 55.1 Å². The van der Waals surface area contributed by atoms with Crippen LogP contribution in [0, 0.1) is 5.82 Å². The van der Waals surface area contributed by atoms with Gasteiger partial charge in [-0.1, -0.05) is 53.2 Å². The Kier molecular flexibility index (Phi) is 7.21. The molecule has 4 heteroatoms. The van der Waals surface area contributed by atoms with Gasteiger partial charge in [0.25, 0.3) is 0 Å². The summed E-state index contributed by atoms with van der Waals surface area (Å²) < 4.78 is 13.1. The number of hydrogen-bond acceptors (Lipinski definition) is 2. The Morgan fingerprint density at radius 1 is 1.17 bits per heavy atom. The molecule has 0 radical (unpaired) electrons. The molecule has 1 heterocycles. The summed E-state index contributed by atoms with van der Waals surface area (Å²) in [5.74, 6) is 0.442. The van der Waals surface area contributed by atoms with Crippen molar-refractivity contribution in [3.63, 3.8) is 0 Å². The Balaban J connectivity index is 0.000000229. The van der Waals surface area contributed by atoms with Gasteiger partial charge < -0.3 is 5.73 Å². The maximum atomic E-state index is 11.9. The van der Waals surface area contributed by atoms with Gasteiger partial charge in [0, 0.05) is 11.0 Å². The summed E-state index contributed by atoms with van der Waals surface area (Å²) >= 11 is 3.53. The molecule has 1 fully saturated rings. The Labute approximate surface area is 146 Å². The molecule has 2 unspecified atom stereocenters. The number of likely N-dealkylation sites (tertiary alicyclic amines) is 1. The fourth-order valence-corrected chi connectivity index (χ4v) is 3.33. The molecule has 2 aromatic rings. The maximum Gasteiger partial charge on any atom is 0.123 e. The van der Waals surface area contributed by atoms with E-state index in [1.807, 2.05) is 0 Å². The van der Waals surface area contributed by atoms with Crippen molar-refractivity contribution in [2.45, 2.75) is 31.8 Å². The van der Waals surface area contributed by atoms with Crippen molar-refractivity contribution >= 4 is 15.9 Å². The minimum absolute atomic E-state index is 0.178. The van der Waals surface area contributed by atoms with Gasteiger partial charge in [0.15, 0.2) is 0 Å². The SMILES string of the molecule is CCN1CCC(c2cccc(Br)c2)CC1N.Fc1ccccc1. The zero-order chi connectivity index (χ0) is 16.7. The van der Waals surface area contributed by atoms with Crippen LogP contribution in [0.5, 0.6) is 0 Å². The van der Waals surface area contributed by atoms with E-state index in [2.05, 4.69) is 52.0 Å². The van der Waals surface area contributed by atoms with Crippen LogP contribution >= 0.6 is 15.9 Å². The largest absolute Gasteiger partial charge is 0.316 e. The van der Waals surface area contributed by atoms with Crippen LogP contribution in [0.25, 0.3) is 0 Å². The summed E-state index contributed by atoms with van der Waals surface area (Å²) in [7, 11) is 0. The molecule has 2 nitrogen and oxygen atoms in total. The van der Waals surface area contributed by atoms with Crippen molar-refractivity contribution < 1.29 is 4.39 Å². The average molecular weight is 379 g/mol. The molecule has 0 spiro atoms. The molecule has 0 aliphatic carbocycles. The van der Waals surface area contributed by atoms with E-state index in [0.29, 0.717) is 5.92 Å². The Morgan fingerprint density at radius 3 is 2.43 bits per heavy atom. The molecule has 0 bridgehead atoms. The van der Waals surface area contributed by atoms with Crippen LogP contribution in [0.3, 0.4) is 0 Å². The second-order valence-electron chi connectivity index (χ2n) is 5.77. The number of halogens is 2. The first kappa shape index (κ1) is 18.1. The summed E-state index contributed by atoms with van der Waals surface area (Å²) in [4.78, 5) is 2.36. The molecule has 2 N–H and O–H groups in total. The number of nitrogens with two attached hydrogens (primary N) is 1. The molecule has 2 atom stereocenters. The van der Waals surface area contributed by atoms with E-state index in [4.69, 9.17) is 5.73 Å². The summed E-state index contributed by atoms with van der Waals surface area (Å²) in [6.07, 6.45) is 2.52. The fourth-order valence-electron chi connectivity index (χ4n) is 2.92. The van der Waals surface area contributed by atoms with Gasteiger partial charge in [-0.25, -0.2) is 4.39 Å². The highest BCUT2D eigenvalue weighted by Crippen LogP contribution is 2.31. The molecule has 0 saturated carbocycles. The van der Waals surface area contributed by atoms with Crippen LogP contribution in [-0.4, -0.2) is 24.2 Å². The predicted octanol–water partition coefficient (Wildman–Crippen LogP) is 4.76. The van der Waals surface area contributed by atoms with Gasteiger partial charge >= 0.3 is 0 Å². The van der Waals surface area contributed by atoms with E-state index in [1.54, 1.807) is 18.2 Å². The summed E-state index contributed by atoms with van der Waals surface area (Å²) in [6, 6.07) is 16.6. The van der Waals surface area contributed by atoms with Crippen LogP contribution in [0.2, 0.25) is 0 Å². The molecule has 1 aliphatic heterocycles. The van der Waals surface area contributed by atoms with Crippen molar-refractivity contribution in [2.75, 3.05) is 13.1 Å². The summed E-state index contributed by atoms with van der Waals surface area (Å²) in [5.41, 5.74) is 7.59. The summed E-state index contributed by atoms with van der Waals surface area (Å²) in [5, 5.41) is 0. The normalized spacial score (nSPS) is 21.4. The fraction of sp³-hybridized carbons (Fsp3) is 0.368. The van der Waals surface area contributed by atoms with Crippen LogP contribution in [0.4, 0.5) is 4.39 Å². The molecular formula is C19H24BrFN2. The van der Waals surface area contributed by atoms with E-state index in [1.165, 1.54) is 24.1 Å². The number of piperidine rings is 1. The molecule has 124 valence electrons. The third kappa shape index (κ3) is 5.72. The molecule has 0 aromatic heterocycles. The Morgan fingerprint density at radius 2 is 1.91 bits per heavy atom. The van der Waals surface area contributed by atoms with Crippen molar-refractivity contribution in [3.05, 3.63) is 70.5 Å². The molecule has 3 rings (SSSR count). The zero-order valence-corrected chi connectivity index (χ0v) is 15.0. The van der Waals surface area contributed by atoms with Gasteiger partial charge in [-0.2, -0.15) is 0 Å². The van der Waals surface area contributed by atoms with Crippen LogP contribution in [0.1, 0.15) is 31.2 Å². The number of benzene rings is 2. The lowest BCUT2D eigenvalue weighted by Crippen LogP contribution is -2.47. The van der Waals surface area contributed by atoms with Crippen molar-refractivity contribution in [1.82, 2.24) is 4.90 Å². The molecule has 23 heavy (non-hydrogen) atoms. The van der Waals surface area contributed by atoms with Crippen molar-refractivity contribution in [2.24, 2.45) is 5.73 Å². The van der Waals surface area contributed by atoms with Gasteiger partial charge in [0.05, 0.1) is 6.17 Å². The average Bonchev–Trinajstić information content (AvgIpc) is 2.56. The van der Waals surface area contributed by atoms with E-state index in [9.17, 15) is 4.39 Å². The highest BCUT2D eigenvalue weighted by Gasteiger charge is 2.25. The van der Waals surface area contributed by atoms with Crippen LogP contribution in [0.15, 0.2) is 59.1 Å². The quantitative estimate of drug-likeness (QED) is 0.815. The number of hydrogen-bond donors (Lipinski definition) is 1. The maximum absolute atomic E-state index is 11.9. The molecular weight excluding hydrogens is 355 g/mol. The van der Waals surface area contributed by atoms with Gasteiger partial charge in [0.1, 0.15) is 5.82 Å². The van der Waals surface area contributed by atoms with E-state index in [0.717, 1.165) is 24.0 Å². The lowest BCUT2D eigenvalue weighted by atomic mass is 9.88. The van der Waals surface area contributed by atoms with Crippen molar-refractivity contribution in [3.8, 4) is 0 Å². The topological polar surface area (TPSA) is 29.3 Å². The predicted molar refractivity (Wildman–Crippen MR) is 97.7 cm³/mol. The zero-order valence-electron chi connectivity index (χ0n) is 13.5. The highest BCUT2D eigenvalue weighted by molar-refractivity contribution is 9.10. The minimum Gasteiger partial charge on any atom is -0.316 e. The minimum atomic E-state index is -0.178. The summed E-state index contributed by atoms with van der Waals surface area (Å²) in [6.45, 7) is 4.36. The molecule has 1 aliphatic rings. The van der Waals surface area contributed by atoms with Gasteiger partial charge in [-0.3, -0.25) is 4.90 Å². The molecule has 1 saturated heterocycles. The van der Waals surface area contributed by atoms with Gasteiger partial charge in [0.2, 0.25) is 0 Å². The second kappa shape index (κ2) is 9.16. The molecule has 2 aromatic carbocycles. The monoisotopic (exact) mass is 378 g/mol. The lowest BCUT2D eigenvalue weighted by Gasteiger charge is -2.36. The first-order chi connectivity index (χ1) is 11.1. The van der Waals surface area contributed by atoms with E-state index < -0.39 is 0 Å². The van der Waals surface area contributed by atoms with Crippen LogP contribution < -0.4 is 5.73 Å². The number of rotatable bonds is 2. The second-order valence-corrected chi connectivity index (χ2v) is 6.68. The standard InChI is InChI=1S/C13H19BrN2.C6H5F/c1-2-16-7-6-11(9-13(16)15)10-4-3-5-12(14)8-10;7-6-4-2-1-3-5-6/h3-5,8,11,13H,2,6-7,9,15H2,1H3;1-5H. The van der Waals surface area contributed by atoms with Gasteiger partial charge in [-0.15, -0.1) is 0 Å². The Bertz CT molecular complexity index is 591. The van der Waals surface area contributed by atoms with E-state index in [-0.39, 0.29) is 12.0 Å². The lowest BCUT2D eigenvalue weighted by molar-refractivity contribution is 0.146. The first-order valence-electron chi connectivity index (χ1n) is 8.05. The van der Waals surface area contributed by atoms with E-state index >= 15 is 0 Å². The van der Waals surface area contributed by atoms with Crippen molar-refractivity contribution in [1.29, 1.82) is 0 Å².